The molecule has 1 unspecified atom stereocenters. The van der Waals surface area contributed by atoms with Crippen molar-refractivity contribution >= 4 is 23.2 Å². The SMILES string of the molecule is CC(C)Oc1cccc(NC(=O)C(C)Oc2ccccc2Cl)c1. The second-order valence-electron chi connectivity index (χ2n) is 5.37. The van der Waals surface area contributed by atoms with Crippen LogP contribution in [0.1, 0.15) is 20.8 Å². The molecule has 0 fully saturated rings. The van der Waals surface area contributed by atoms with Crippen molar-refractivity contribution in [1.29, 1.82) is 0 Å². The fraction of sp³-hybridized carbons (Fsp3) is 0.278. The third-order valence-electron chi connectivity index (χ3n) is 2.98. The highest BCUT2D eigenvalue weighted by Gasteiger charge is 2.16. The molecule has 0 aliphatic carbocycles. The van der Waals surface area contributed by atoms with Crippen molar-refractivity contribution in [1.82, 2.24) is 0 Å². The van der Waals surface area contributed by atoms with Gasteiger partial charge in [-0.05, 0) is 45.0 Å². The maximum Gasteiger partial charge on any atom is 0.265 e. The molecular formula is C18H20ClNO3. The summed E-state index contributed by atoms with van der Waals surface area (Å²) >= 11 is 6.03. The van der Waals surface area contributed by atoms with Gasteiger partial charge in [0.2, 0.25) is 0 Å². The molecular weight excluding hydrogens is 314 g/mol. The zero-order valence-electron chi connectivity index (χ0n) is 13.4. The van der Waals surface area contributed by atoms with Gasteiger partial charge >= 0.3 is 0 Å². The van der Waals surface area contributed by atoms with Gasteiger partial charge in [0.1, 0.15) is 11.5 Å². The van der Waals surface area contributed by atoms with Crippen LogP contribution in [0.3, 0.4) is 0 Å². The molecule has 1 atom stereocenters. The largest absolute Gasteiger partial charge is 0.491 e. The van der Waals surface area contributed by atoms with Crippen LogP contribution in [0.15, 0.2) is 48.5 Å². The van der Waals surface area contributed by atoms with E-state index < -0.39 is 6.10 Å². The molecule has 0 aliphatic rings. The summed E-state index contributed by atoms with van der Waals surface area (Å²) in [4.78, 5) is 12.2. The first kappa shape index (κ1) is 17.2. The monoisotopic (exact) mass is 333 g/mol. The lowest BCUT2D eigenvalue weighted by Crippen LogP contribution is -2.30. The van der Waals surface area contributed by atoms with Gasteiger partial charge < -0.3 is 14.8 Å². The number of amides is 1. The summed E-state index contributed by atoms with van der Waals surface area (Å²) in [6, 6.07) is 14.3. The number of hydrogen-bond donors (Lipinski definition) is 1. The molecule has 0 spiro atoms. The van der Waals surface area contributed by atoms with Crippen molar-refractivity contribution in [3.8, 4) is 11.5 Å². The Kier molecular flexibility index (Phi) is 5.88. The van der Waals surface area contributed by atoms with E-state index >= 15 is 0 Å². The molecule has 0 aromatic heterocycles. The first-order chi connectivity index (χ1) is 11.0. The summed E-state index contributed by atoms with van der Waals surface area (Å²) in [6.07, 6.45) is -0.604. The summed E-state index contributed by atoms with van der Waals surface area (Å²) in [5.74, 6) is 0.929. The van der Waals surface area contributed by atoms with Gasteiger partial charge in [-0.1, -0.05) is 29.8 Å². The minimum Gasteiger partial charge on any atom is -0.491 e. The molecule has 2 aromatic rings. The summed E-state index contributed by atoms with van der Waals surface area (Å²) in [7, 11) is 0. The zero-order chi connectivity index (χ0) is 16.8. The summed E-state index contributed by atoms with van der Waals surface area (Å²) in [6.45, 7) is 5.57. The molecule has 2 aromatic carbocycles. The molecule has 23 heavy (non-hydrogen) atoms. The van der Waals surface area contributed by atoms with Crippen LogP contribution in [0.2, 0.25) is 5.02 Å². The van der Waals surface area contributed by atoms with E-state index in [1.807, 2.05) is 26.0 Å². The molecule has 2 rings (SSSR count). The van der Waals surface area contributed by atoms with E-state index in [4.69, 9.17) is 21.1 Å². The maximum atomic E-state index is 12.2. The highest BCUT2D eigenvalue weighted by molar-refractivity contribution is 6.32. The van der Waals surface area contributed by atoms with Crippen LogP contribution in [0.5, 0.6) is 11.5 Å². The Morgan fingerprint density at radius 2 is 1.78 bits per heavy atom. The third-order valence-corrected chi connectivity index (χ3v) is 3.30. The van der Waals surface area contributed by atoms with Crippen LogP contribution in [0.25, 0.3) is 0 Å². The second kappa shape index (κ2) is 7.88. The number of ether oxygens (including phenoxy) is 2. The molecule has 5 heteroatoms. The third kappa shape index (κ3) is 5.18. The van der Waals surface area contributed by atoms with Crippen molar-refractivity contribution in [2.75, 3.05) is 5.32 Å². The van der Waals surface area contributed by atoms with E-state index in [1.165, 1.54) is 0 Å². The van der Waals surface area contributed by atoms with Crippen LogP contribution >= 0.6 is 11.6 Å². The van der Waals surface area contributed by atoms with Gasteiger partial charge in [-0.3, -0.25) is 4.79 Å². The Labute approximate surface area is 141 Å². The van der Waals surface area contributed by atoms with Crippen molar-refractivity contribution in [2.45, 2.75) is 33.0 Å². The van der Waals surface area contributed by atoms with E-state index in [9.17, 15) is 4.79 Å². The lowest BCUT2D eigenvalue weighted by atomic mass is 10.2. The molecule has 1 amide bonds. The van der Waals surface area contributed by atoms with E-state index in [2.05, 4.69) is 5.32 Å². The van der Waals surface area contributed by atoms with Gasteiger partial charge in [0.05, 0.1) is 11.1 Å². The number of para-hydroxylation sites is 1. The summed E-state index contributed by atoms with van der Waals surface area (Å²) in [5.41, 5.74) is 0.655. The maximum absolute atomic E-state index is 12.2. The predicted octanol–water partition coefficient (Wildman–Crippen LogP) is 4.53. The smallest absolute Gasteiger partial charge is 0.265 e. The van der Waals surface area contributed by atoms with E-state index in [1.54, 1.807) is 43.3 Å². The molecule has 0 saturated carbocycles. The van der Waals surface area contributed by atoms with Crippen LogP contribution in [0, 0.1) is 0 Å². The number of carbonyl (C=O) groups is 1. The van der Waals surface area contributed by atoms with Crippen LogP contribution < -0.4 is 14.8 Å². The van der Waals surface area contributed by atoms with Crippen molar-refractivity contribution in [3.63, 3.8) is 0 Å². The quantitative estimate of drug-likeness (QED) is 0.844. The van der Waals surface area contributed by atoms with Gasteiger partial charge in [-0.25, -0.2) is 0 Å². The molecule has 0 radical (unpaired) electrons. The second-order valence-corrected chi connectivity index (χ2v) is 5.78. The molecule has 4 nitrogen and oxygen atoms in total. The van der Waals surface area contributed by atoms with Crippen molar-refractivity contribution < 1.29 is 14.3 Å². The highest BCUT2D eigenvalue weighted by atomic mass is 35.5. The molecule has 0 saturated heterocycles. The Morgan fingerprint density at radius 1 is 1.04 bits per heavy atom. The molecule has 0 heterocycles. The number of halogens is 1. The van der Waals surface area contributed by atoms with Crippen molar-refractivity contribution in [2.24, 2.45) is 0 Å². The van der Waals surface area contributed by atoms with Crippen LogP contribution in [-0.2, 0) is 4.79 Å². The number of rotatable bonds is 6. The Morgan fingerprint density at radius 3 is 2.48 bits per heavy atom. The van der Waals surface area contributed by atoms with Gasteiger partial charge in [-0.15, -0.1) is 0 Å². The number of nitrogens with one attached hydrogen (secondary N) is 1. The zero-order valence-corrected chi connectivity index (χ0v) is 14.1. The van der Waals surface area contributed by atoms with Crippen LogP contribution in [0.4, 0.5) is 5.69 Å². The first-order valence-corrected chi connectivity index (χ1v) is 7.82. The number of anilines is 1. The predicted molar refractivity (Wildman–Crippen MR) is 92.4 cm³/mol. The molecule has 1 N–H and O–H groups in total. The fourth-order valence-electron chi connectivity index (χ4n) is 1.95. The van der Waals surface area contributed by atoms with Gasteiger partial charge in [-0.2, -0.15) is 0 Å². The average Bonchev–Trinajstić information content (AvgIpc) is 2.49. The Hall–Kier alpha value is -2.20. The van der Waals surface area contributed by atoms with E-state index in [-0.39, 0.29) is 12.0 Å². The van der Waals surface area contributed by atoms with Gasteiger partial charge in [0.25, 0.3) is 5.91 Å². The topological polar surface area (TPSA) is 47.6 Å². The lowest BCUT2D eigenvalue weighted by molar-refractivity contribution is -0.122. The standard InChI is InChI=1S/C18H20ClNO3/c1-12(2)22-15-8-6-7-14(11-15)20-18(21)13(3)23-17-10-5-4-9-16(17)19/h4-13H,1-3H3,(H,20,21). The lowest BCUT2D eigenvalue weighted by Gasteiger charge is -2.16. The molecule has 122 valence electrons. The van der Waals surface area contributed by atoms with E-state index in [0.717, 1.165) is 0 Å². The number of carbonyl (C=O) groups excluding carboxylic acids is 1. The van der Waals surface area contributed by atoms with Gasteiger partial charge in [0.15, 0.2) is 6.10 Å². The summed E-state index contributed by atoms with van der Waals surface area (Å²) in [5, 5.41) is 3.28. The van der Waals surface area contributed by atoms with Crippen molar-refractivity contribution in [3.05, 3.63) is 53.6 Å². The minimum absolute atomic E-state index is 0.0726. The highest BCUT2D eigenvalue weighted by Crippen LogP contribution is 2.24. The minimum atomic E-state index is -0.676. The fourth-order valence-corrected chi connectivity index (χ4v) is 2.13. The number of benzene rings is 2. The van der Waals surface area contributed by atoms with Gasteiger partial charge in [0, 0.05) is 11.8 Å². The Bertz CT molecular complexity index is 673. The first-order valence-electron chi connectivity index (χ1n) is 7.44. The summed E-state index contributed by atoms with van der Waals surface area (Å²) < 4.78 is 11.2. The Balaban J connectivity index is 1.99. The van der Waals surface area contributed by atoms with E-state index in [0.29, 0.717) is 22.2 Å². The molecule has 0 bridgehead atoms. The normalized spacial score (nSPS) is 11.9. The average molecular weight is 334 g/mol. The van der Waals surface area contributed by atoms with Crippen LogP contribution in [-0.4, -0.2) is 18.1 Å². The molecule has 0 aliphatic heterocycles. The number of hydrogen-bond acceptors (Lipinski definition) is 3.